The van der Waals surface area contributed by atoms with Gasteiger partial charge >= 0.3 is 0 Å². The quantitative estimate of drug-likeness (QED) is 0.876. The van der Waals surface area contributed by atoms with E-state index in [9.17, 15) is 9.90 Å². The second-order valence-corrected chi connectivity index (χ2v) is 7.04. The number of nitrogens with one attached hydrogen (secondary N) is 1. The van der Waals surface area contributed by atoms with Crippen molar-refractivity contribution in [1.82, 2.24) is 10.2 Å². The smallest absolute Gasteiger partial charge is 0.223 e. The lowest BCUT2D eigenvalue weighted by Gasteiger charge is -2.26. The molecule has 1 aliphatic heterocycles. The molecule has 1 aliphatic carbocycles. The predicted octanol–water partition coefficient (Wildman–Crippen LogP) is 2.32. The van der Waals surface area contributed by atoms with Crippen molar-refractivity contribution in [1.29, 1.82) is 0 Å². The molecule has 2 atom stereocenters. The van der Waals surface area contributed by atoms with Gasteiger partial charge in [0.2, 0.25) is 5.91 Å². The predicted molar refractivity (Wildman–Crippen MR) is 90.8 cm³/mol. The lowest BCUT2D eigenvalue weighted by atomic mass is 9.88. The topological polar surface area (TPSA) is 52.6 Å². The molecule has 1 heterocycles. The lowest BCUT2D eigenvalue weighted by molar-refractivity contribution is -0.126. The average Bonchev–Trinajstić information content (AvgIpc) is 2.94. The molecule has 0 radical (unpaired) electrons. The standard InChI is InChI=1S/C19H28N2O2/c22-18-11-17(12-20-19(23)16-9-5-2-6-10-16)21(14-18)13-15-7-3-1-4-8-15/h1,3-4,7-8,16-18,22H,2,5-6,9-14H2,(H,20,23). The fourth-order valence-electron chi connectivity index (χ4n) is 3.91. The van der Waals surface area contributed by atoms with E-state index in [1.807, 2.05) is 18.2 Å². The number of aliphatic hydroxyl groups excluding tert-OH is 1. The number of carbonyl (C=O) groups is 1. The Kier molecular flexibility index (Phi) is 5.68. The first kappa shape index (κ1) is 16.5. The third-order valence-corrected chi connectivity index (χ3v) is 5.22. The molecule has 0 spiro atoms. The fraction of sp³-hybridized carbons (Fsp3) is 0.632. The van der Waals surface area contributed by atoms with Gasteiger partial charge < -0.3 is 10.4 Å². The molecule has 1 amide bonds. The highest BCUT2D eigenvalue weighted by molar-refractivity contribution is 5.78. The summed E-state index contributed by atoms with van der Waals surface area (Å²) in [5.74, 6) is 0.420. The Morgan fingerprint density at radius 3 is 2.65 bits per heavy atom. The van der Waals surface area contributed by atoms with Crippen molar-refractivity contribution in [3.05, 3.63) is 35.9 Å². The highest BCUT2D eigenvalue weighted by Crippen LogP contribution is 2.24. The first-order chi connectivity index (χ1) is 11.2. The minimum absolute atomic E-state index is 0.206. The Bertz CT molecular complexity index is 499. The summed E-state index contributed by atoms with van der Waals surface area (Å²) in [4.78, 5) is 14.6. The Morgan fingerprint density at radius 1 is 1.17 bits per heavy atom. The van der Waals surface area contributed by atoms with E-state index in [1.54, 1.807) is 0 Å². The molecule has 23 heavy (non-hydrogen) atoms. The van der Waals surface area contributed by atoms with Crippen molar-refractivity contribution in [3.8, 4) is 0 Å². The number of amides is 1. The summed E-state index contributed by atoms with van der Waals surface area (Å²) in [6.07, 6.45) is 6.16. The van der Waals surface area contributed by atoms with E-state index >= 15 is 0 Å². The van der Waals surface area contributed by atoms with Gasteiger partial charge in [-0.25, -0.2) is 0 Å². The van der Waals surface area contributed by atoms with Gasteiger partial charge in [-0.1, -0.05) is 49.6 Å². The molecule has 0 aromatic heterocycles. The van der Waals surface area contributed by atoms with Crippen molar-refractivity contribution in [2.24, 2.45) is 5.92 Å². The van der Waals surface area contributed by atoms with Crippen LogP contribution in [0.25, 0.3) is 0 Å². The van der Waals surface area contributed by atoms with Crippen LogP contribution in [0.15, 0.2) is 30.3 Å². The summed E-state index contributed by atoms with van der Waals surface area (Å²) in [7, 11) is 0. The van der Waals surface area contributed by atoms with Gasteiger partial charge in [-0.2, -0.15) is 0 Å². The molecule has 1 saturated heterocycles. The molecule has 2 fully saturated rings. The highest BCUT2D eigenvalue weighted by atomic mass is 16.3. The Labute approximate surface area is 138 Å². The van der Waals surface area contributed by atoms with Crippen molar-refractivity contribution < 1.29 is 9.90 Å². The Hall–Kier alpha value is -1.39. The van der Waals surface area contributed by atoms with E-state index in [4.69, 9.17) is 0 Å². The van der Waals surface area contributed by atoms with Crippen LogP contribution in [0.5, 0.6) is 0 Å². The molecule has 4 heteroatoms. The maximum Gasteiger partial charge on any atom is 0.223 e. The van der Waals surface area contributed by atoms with E-state index in [1.165, 1.54) is 24.8 Å². The number of nitrogens with zero attached hydrogens (tertiary/aromatic N) is 1. The minimum atomic E-state index is -0.282. The van der Waals surface area contributed by atoms with Gasteiger partial charge in [0.25, 0.3) is 0 Å². The van der Waals surface area contributed by atoms with Crippen LogP contribution < -0.4 is 5.32 Å². The second-order valence-electron chi connectivity index (χ2n) is 7.04. The SMILES string of the molecule is O=C(NCC1CC(O)CN1Cc1ccccc1)C1CCCCC1. The van der Waals surface area contributed by atoms with Gasteiger partial charge in [0.15, 0.2) is 0 Å². The molecule has 1 aromatic rings. The van der Waals surface area contributed by atoms with Gasteiger partial charge in [0.1, 0.15) is 0 Å². The molecule has 1 aromatic carbocycles. The molecule has 0 bridgehead atoms. The number of benzene rings is 1. The summed E-state index contributed by atoms with van der Waals surface area (Å²) in [6, 6.07) is 10.6. The highest BCUT2D eigenvalue weighted by Gasteiger charge is 2.31. The maximum absolute atomic E-state index is 12.3. The average molecular weight is 316 g/mol. The molecule has 2 unspecified atom stereocenters. The van der Waals surface area contributed by atoms with Gasteiger partial charge in [0.05, 0.1) is 6.10 Å². The zero-order valence-corrected chi connectivity index (χ0v) is 13.8. The molecule has 4 nitrogen and oxygen atoms in total. The first-order valence-corrected chi connectivity index (χ1v) is 8.96. The molecule has 1 saturated carbocycles. The van der Waals surface area contributed by atoms with E-state index in [2.05, 4.69) is 22.3 Å². The zero-order valence-electron chi connectivity index (χ0n) is 13.8. The van der Waals surface area contributed by atoms with Gasteiger partial charge in [-0.15, -0.1) is 0 Å². The Balaban J connectivity index is 1.51. The van der Waals surface area contributed by atoms with E-state index in [-0.39, 0.29) is 24.0 Å². The van der Waals surface area contributed by atoms with Crippen LogP contribution in [0.4, 0.5) is 0 Å². The van der Waals surface area contributed by atoms with E-state index in [0.717, 1.165) is 25.8 Å². The van der Waals surface area contributed by atoms with Gasteiger partial charge in [0, 0.05) is 31.6 Å². The first-order valence-electron chi connectivity index (χ1n) is 8.96. The number of hydrogen-bond donors (Lipinski definition) is 2. The van der Waals surface area contributed by atoms with Crippen LogP contribution in [0.3, 0.4) is 0 Å². The number of rotatable bonds is 5. The molecule has 3 rings (SSSR count). The number of β-amino-alcohol motifs (C(OH)–C–C–N with tert-alkyl or cyclic N) is 1. The van der Waals surface area contributed by atoms with Crippen molar-refractivity contribution in [3.63, 3.8) is 0 Å². The molecular weight excluding hydrogens is 288 g/mol. The van der Waals surface area contributed by atoms with Crippen LogP contribution in [0.2, 0.25) is 0 Å². The summed E-state index contributed by atoms with van der Waals surface area (Å²) in [5, 5.41) is 13.1. The van der Waals surface area contributed by atoms with Crippen molar-refractivity contribution in [2.45, 2.75) is 57.2 Å². The number of aliphatic hydroxyl groups is 1. The van der Waals surface area contributed by atoms with Crippen LogP contribution in [-0.2, 0) is 11.3 Å². The molecule has 2 aliphatic rings. The van der Waals surface area contributed by atoms with Crippen LogP contribution in [0.1, 0.15) is 44.1 Å². The maximum atomic E-state index is 12.3. The normalized spacial score (nSPS) is 26.3. The van der Waals surface area contributed by atoms with E-state index in [0.29, 0.717) is 13.1 Å². The van der Waals surface area contributed by atoms with E-state index < -0.39 is 0 Å². The summed E-state index contributed by atoms with van der Waals surface area (Å²) < 4.78 is 0. The van der Waals surface area contributed by atoms with Crippen molar-refractivity contribution in [2.75, 3.05) is 13.1 Å². The van der Waals surface area contributed by atoms with Gasteiger partial charge in [-0.05, 0) is 24.8 Å². The molecule has 2 N–H and O–H groups in total. The fourth-order valence-corrected chi connectivity index (χ4v) is 3.91. The van der Waals surface area contributed by atoms with Crippen molar-refractivity contribution >= 4 is 5.91 Å². The third kappa shape index (κ3) is 4.55. The minimum Gasteiger partial charge on any atom is -0.392 e. The number of carbonyl (C=O) groups excluding carboxylic acids is 1. The Morgan fingerprint density at radius 2 is 1.91 bits per heavy atom. The molecule has 126 valence electrons. The summed E-state index contributed by atoms with van der Waals surface area (Å²) >= 11 is 0. The van der Waals surface area contributed by atoms with Crippen LogP contribution in [0, 0.1) is 5.92 Å². The summed E-state index contributed by atoms with van der Waals surface area (Å²) in [5.41, 5.74) is 1.25. The molecular formula is C19H28N2O2. The zero-order chi connectivity index (χ0) is 16.1. The number of likely N-dealkylation sites (tertiary alicyclic amines) is 1. The summed E-state index contributed by atoms with van der Waals surface area (Å²) in [6.45, 7) is 2.18. The van der Waals surface area contributed by atoms with Crippen LogP contribution in [-0.4, -0.2) is 41.1 Å². The van der Waals surface area contributed by atoms with Crippen LogP contribution >= 0.6 is 0 Å². The van der Waals surface area contributed by atoms with Gasteiger partial charge in [-0.3, -0.25) is 9.69 Å². The third-order valence-electron chi connectivity index (χ3n) is 5.22. The lowest BCUT2D eigenvalue weighted by Crippen LogP contribution is -2.42. The monoisotopic (exact) mass is 316 g/mol. The second kappa shape index (κ2) is 7.93. The number of hydrogen-bond acceptors (Lipinski definition) is 3. The largest absolute Gasteiger partial charge is 0.392 e.